The summed E-state index contributed by atoms with van der Waals surface area (Å²) in [7, 11) is 0. The third kappa shape index (κ3) is 2.51. The third-order valence-electron chi connectivity index (χ3n) is 2.81. The fourth-order valence-electron chi connectivity index (χ4n) is 2.07. The summed E-state index contributed by atoms with van der Waals surface area (Å²) in [6, 6.07) is 13.0. The van der Waals surface area contributed by atoms with Gasteiger partial charge in [-0.15, -0.1) is 0 Å². The zero-order valence-electron chi connectivity index (χ0n) is 10.5. The fraction of sp³-hybridized carbons (Fsp3) is 0.133. The summed E-state index contributed by atoms with van der Waals surface area (Å²) < 4.78 is 0. The molecule has 0 unspecified atom stereocenters. The quantitative estimate of drug-likeness (QED) is 0.792. The predicted molar refractivity (Wildman–Crippen MR) is 74.7 cm³/mol. The number of carbonyl (C=O) groups excluding carboxylic acids is 1. The van der Waals surface area contributed by atoms with Gasteiger partial charge in [0.1, 0.15) is 0 Å². The Hall–Kier alpha value is -2.29. The molecule has 0 bridgehead atoms. The van der Waals surface area contributed by atoms with E-state index in [1.165, 1.54) is 0 Å². The van der Waals surface area contributed by atoms with Crippen molar-refractivity contribution in [2.24, 2.45) is 0 Å². The van der Waals surface area contributed by atoms with Crippen LogP contribution in [-0.2, 0) is 0 Å². The van der Waals surface area contributed by atoms with Gasteiger partial charge in [0.2, 0.25) is 0 Å². The van der Waals surface area contributed by atoms with Crippen molar-refractivity contribution in [1.29, 1.82) is 0 Å². The highest BCUT2D eigenvalue weighted by atomic mass is 16.1. The Bertz CT molecular complexity index is 553. The van der Waals surface area contributed by atoms with E-state index in [2.05, 4.69) is 5.32 Å². The van der Waals surface area contributed by atoms with Crippen molar-refractivity contribution in [2.75, 3.05) is 11.1 Å². The van der Waals surface area contributed by atoms with Gasteiger partial charge in [-0.1, -0.05) is 18.2 Å². The lowest BCUT2D eigenvalue weighted by Crippen LogP contribution is -2.15. The van der Waals surface area contributed by atoms with E-state index in [1.807, 2.05) is 56.3 Å². The van der Waals surface area contributed by atoms with Gasteiger partial charge in [0.25, 0.3) is 5.91 Å². The molecule has 0 aromatic heterocycles. The van der Waals surface area contributed by atoms with Gasteiger partial charge in [-0.3, -0.25) is 4.79 Å². The van der Waals surface area contributed by atoms with Crippen molar-refractivity contribution in [3.05, 3.63) is 59.2 Å². The van der Waals surface area contributed by atoms with Crippen molar-refractivity contribution < 1.29 is 4.79 Å². The number of nitrogen functional groups attached to an aromatic ring is 1. The summed E-state index contributed by atoms with van der Waals surface area (Å²) in [5.74, 6) is -0.101. The van der Waals surface area contributed by atoms with Gasteiger partial charge in [0.15, 0.2) is 0 Å². The third-order valence-corrected chi connectivity index (χ3v) is 2.81. The van der Waals surface area contributed by atoms with Crippen molar-refractivity contribution in [3.63, 3.8) is 0 Å². The fourth-order valence-corrected chi connectivity index (χ4v) is 2.07. The van der Waals surface area contributed by atoms with Gasteiger partial charge in [-0.25, -0.2) is 0 Å². The normalized spacial score (nSPS) is 10.1. The molecule has 2 aromatic rings. The van der Waals surface area contributed by atoms with Crippen LogP contribution in [0.15, 0.2) is 42.5 Å². The van der Waals surface area contributed by atoms with Crippen molar-refractivity contribution in [3.8, 4) is 0 Å². The van der Waals surface area contributed by atoms with Crippen LogP contribution in [0.4, 0.5) is 11.4 Å². The van der Waals surface area contributed by atoms with E-state index in [0.29, 0.717) is 11.3 Å². The molecule has 0 saturated heterocycles. The molecule has 0 heterocycles. The second-order valence-corrected chi connectivity index (χ2v) is 4.35. The molecule has 18 heavy (non-hydrogen) atoms. The number of para-hydroxylation sites is 1. The molecule has 0 aliphatic heterocycles. The smallest absolute Gasteiger partial charge is 0.256 e. The van der Waals surface area contributed by atoms with Gasteiger partial charge in [0, 0.05) is 16.9 Å². The molecule has 0 saturated carbocycles. The monoisotopic (exact) mass is 240 g/mol. The van der Waals surface area contributed by atoms with Crippen LogP contribution in [0.25, 0.3) is 0 Å². The number of benzene rings is 2. The minimum Gasteiger partial charge on any atom is -0.399 e. The Morgan fingerprint density at radius 2 is 1.61 bits per heavy atom. The largest absolute Gasteiger partial charge is 0.399 e. The Labute approximate surface area is 107 Å². The molecule has 3 nitrogen and oxygen atoms in total. The van der Waals surface area contributed by atoms with E-state index in [9.17, 15) is 4.79 Å². The Kier molecular flexibility index (Phi) is 3.33. The second-order valence-electron chi connectivity index (χ2n) is 4.35. The molecule has 0 aliphatic carbocycles. The number of amides is 1. The van der Waals surface area contributed by atoms with Crippen LogP contribution in [0, 0.1) is 13.8 Å². The summed E-state index contributed by atoms with van der Waals surface area (Å²) in [5, 5.41) is 2.88. The van der Waals surface area contributed by atoms with Crippen LogP contribution in [0.5, 0.6) is 0 Å². The lowest BCUT2D eigenvalue weighted by Gasteiger charge is -2.11. The molecule has 0 radical (unpaired) electrons. The standard InChI is InChI=1S/C15H16N2O/c1-10-8-12(16)9-11(2)14(10)15(18)17-13-6-4-3-5-7-13/h3-9H,16H2,1-2H3,(H,17,18). The minimum atomic E-state index is -0.101. The Morgan fingerprint density at radius 1 is 1.06 bits per heavy atom. The van der Waals surface area contributed by atoms with Crippen LogP contribution in [0.3, 0.4) is 0 Å². The molecule has 3 N–H and O–H groups in total. The highest BCUT2D eigenvalue weighted by Crippen LogP contribution is 2.19. The highest BCUT2D eigenvalue weighted by Gasteiger charge is 2.12. The van der Waals surface area contributed by atoms with Crippen LogP contribution in [0.1, 0.15) is 21.5 Å². The van der Waals surface area contributed by atoms with Crippen LogP contribution < -0.4 is 11.1 Å². The number of aryl methyl sites for hydroxylation is 2. The van der Waals surface area contributed by atoms with Crippen molar-refractivity contribution in [1.82, 2.24) is 0 Å². The van der Waals surface area contributed by atoms with Gasteiger partial charge in [-0.05, 0) is 49.2 Å². The van der Waals surface area contributed by atoms with Crippen molar-refractivity contribution >= 4 is 17.3 Å². The summed E-state index contributed by atoms with van der Waals surface area (Å²) in [4.78, 5) is 12.2. The number of carbonyl (C=O) groups is 1. The first kappa shape index (κ1) is 12.2. The van der Waals surface area contributed by atoms with Gasteiger partial charge >= 0.3 is 0 Å². The number of hydrogen-bond donors (Lipinski definition) is 2. The first-order chi connectivity index (χ1) is 8.58. The molecule has 3 heteroatoms. The summed E-state index contributed by atoms with van der Waals surface area (Å²) in [6.45, 7) is 3.78. The molecule has 92 valence electrons. The summed E-state index contributed by atoms with van der Waals surface area (Å²) in [6.07, 6.45) is 0. The van der Waals surface area contributed by atoms with E-state index < -0.39 is 0 Å². The summed E-state index contributed by atoms with van der Waals surface area (Å²) in [5.41, 5.74) is 9.69. The topological polar surface area (TPSA) is 55.1 Å². The maximum Gasteiger partial charge on any atom is 0.256 e. The zero-order chi connectivity index (χ0) is 13.1. The number of rotatable bonds is 2. The SMILES string of the molecule is Cc1cc(N)cc(C)c1C(=O)Nc1ccccc1. The van der Waals surface area contributed by atoms with Gasteiger partial charge in [0.05, 0.1) is 0 Å². The van der Waals surface area contributed by atoms with E-state index in [0.717, 1.165) is 16.8 Å². The molecule has 0 spiro atoms. The van der Waals surface area contributed by atoms with Crippen LogP contribution in [-0.4, -0.2) is 5.91 Å². The Morgan fingerprint density at radius 3 is 2.17 bits per heavy atom. The first-order valence-electron chi connectivity index (χ1n) is 5.81. The molecule has 2 aromatic carbocycles. The van der Waals surface area contributed by atoms with E-state index in [4.69, 9.17) is 5.73 Å². The van der Waals surface area contributed by atoms with Crippen molar-refractivity contribution in [2.45, 2.75) is 13.8 Å². The molecule has 0 aliphatic rings. The molecule has 1 amide bonds. The van der Waals surface area contributed by atoms with E-state index >= 15 is 0 Å². The maximum absolute atomic E-state index is 12.2. The van der Waals surface area contributed by atoms with Crippen LogP contribution in [0.2, 0.25) is 0 Å². The maximum atomic E-state index is 12.2. The highest BCUT2D eigenvalue weighted by molar-refractivity contribution is 6.06. The molecule has 0 fully saturated rings. The van der Waals surface area contributed by atoms with Crippen LogP contribution >= 0.6 is 0 Å². The lowest BCUT2D eigenvalue weighted by atomic mass is 10.0. The molecule has 0 atom stereocenters. The van der Waals surface area contributed by atoms with E-state index in [1.54, 1.807) is 0 Å². The molecular weight excluding hydrogens is 224 g/mol. The number of nitrogens with two attached hydrogens (primary N) is 1. The summed E-state index contributed by atoms with van der Waals surface area (Å²) >= 11 is 0. The predicted octanol–water partition coefficient (Wildman–Crippen LogP) is 3.14. The number of hydrogen-bond acceptors (Lipinski definition) is 2. The average molecular weight is 240 g/mol. The van der Waals surface area contributed by atoms with Gasteiger partial charge < -0.3 is 11.1 Å². The lowest BCUT2D eigenvalue weighted by molar-refractivity contribution is 0.102. The Balaban J connectivity index is 2.30. The average Bonchev–Trinajstić information content (AvgIpc) is 2.28. The zero-order valence-corrected chi connectivity index (χ0v) is 10.5. The number of anilines is 2. The first-order valence-corrected chi connectivity index (χ1v) is 5.81. The minimum absolute atomic E-state index is 0.101. The van der Waals surface area contributed by atoms with Gasteiger partial charge in [-0.2, -0.15) is 0 Å². The molecule has 2 rings (SSSR count). The van der Waals surface area contributed by atoms with E-state index in [-0.39, 0.29) is 5.91 Å². The molecular formula is C15H16N2O. The number of nitrogens with one attached hydrogen (secondary N) is 1. The second kappa shape index (κ2) is 4.92.